The number of nitrogens with one attached hydrogen (secondary N) is 1. The van der Waals surface area contributed by atoms with E-state index in [4.69, 9.17) is 9.47 Å². The second-order valence-electron chi connectivity index (χ2n) is 8.25. The fourth-order valence-corrected chi connectivity index (χ4v) is 4.08. The lowest BCUT2D eigenvalue weighted by molar-refractivity contribution is 0.0772. The summed E-state index contributed by atoms with van der Waals surface area (Å²) in [4.78, 5) is 28.1. The molecule has 0 atom stereocenters. The number of aromatic nitrogens is 2. The molecular weight excluding hydrogens is 468 g/mol. The molecule has 4 rings (SSSR count). The van der Waals surface area contributed by atoms with Crippen LogP contribution in [0.5, 0.6) is 11.5 Å². The Bertz CT molecular complexity index is 1390. The molecule has 8 heteroatoms. The van der Waals surface area contributed by atoms with Crippen LogP contribution in [-0.2, 0) is 0 Å². The van der Waals surface area contributed by atoms with Gasteiger partial charge in [0.1, 0.15) is 0 Å². The molecule has 2 amide bonds. The van der Waals surface area contributed by atoms with E-state index >= 15 is 0 Å². The molecule has 0 unspecified atom stereocenters. The highest BCUT2D eigenvalue weighted by atomic mass is 16.5. The molecule has 0 aliphatic carbocycles. The lowest BCUT2D eigenvalue weighted by atomic mass is 10.1. The van der Waals surface area contributed by atoms with Gasteiger partial charge in [-0.05, 0) is 61.9 Å². The second kappa shape index (κ2) is 11.4. The van der Waals surface area contributed by atoms with Crippen molar-refractivity contribution < 1.29 is 19.1 Å². The lowest BCUT2D eigenvalue weighted by Gasteiger charge is -2.19. The Balaban J connectivity index is 1.72. The fraction of sp³-hybridized carbons (Fsp3) is 0.207. The van der Waals surface area contributed by atoms with Gasteiger partial charge in [-0.3, -0.25) is 9.59 Å². The Hall–Kier alpha value is -4.59. The summed E-state index contributed by atoms with van der Waals surface area (Å²) in [6.45, 7) is 5.09. The number of amides is 2. The van der Waals surface area contributed by atoms with Gasteiger partial charge in [-0.15, -0.1) is 0 Å². The maximum absolute atomic E-state index is 13.5. The first-order valence-corrected chi connectivity index (χ1v) is 12.1. The van der Waals surface area contributed by atoms with Gasteiger partial charge in [-0.25, -0.2) is 4.68 Å². The second-order valence-corrected chi connectivity index (χ2v) is 8.25. The first kappa shape index (κ1) is 25.5. The van der Waals surface area contributed by atoms with Gasteiger partial charge in [0.25, 0.3) is 11.8 Å². The molecule has 3 aromatic carbocycles. The molecule has 1 N–H and O–H groups in total. The van der Waals surface area contributed by atoms with Crippen molar-refractivity contribution in [2.24, 2.45) is 0 Å². The van der Waals surface area contributed by atoms with E-state index in [1.807, 2.05) is 62.5 Å². The van der Waals surface area contributed by atoms with Crippen LogP contribution in [0.15, 0.2) is 79.0 Å². The van der Waals surface area contributed by atoms with Gasteiger partial charge in [0.05, 0.1) is 19.9 Å². The Morgan fingerprint density at radius 2 is 1.62 bits per heavy atom. The highest BCUT2D eigenvalue weighted by Gasteiger charge is 2.21. The summed E-state index contributed by atoms with van der Waals surface area (Å²) < 4.78 is 12.5. The lowest BCUT2D eigenvalue weighted by Crippen LogP contribution is -2.30. The molecule has 0 bridgehead atoms. The van der Waals surface area contributed by atoms with Crippen LogP contribution >= 0.6 is 0 Å². The molecule has 0 spiro atoms. The maximum Gasteiger partial charge on any atom is 0.276 e. The van der Waals surface area contributed by atoms with Crippen molar-refractivity contribution in [2.45, 2.75) is 13.8 Å². The molecule has 190 valence electrons. The smallest absolute Gasteiger partial charge is 0.276 e. The van der Waals surface area contributed by atoms with Crippen molar-refractivity contribution in [3.05, 3.63) is 90.3 Å². The number of para-hydroxylation sites is 1. The van der Waals surface area contributed by atoms with Gasteiger partial charge in [-0.2, -0.15) is 5.10 Å². The van der Waals surface area contributed by atoms with Gasteiger partial charge in [0.2, 0.25) is 0 Å². The summed E-state index contributed by atoms with van der Waals surface area (Å²) in [7, 11) is 3.14. The number of ether oxygens (including phenoxy) is 2. The molecule has 0 aliphatic rings. The quantitative estimate of drug-likeness (QED) is 0.339. The highest BCUT2D eigenvalue weighted by molar-refractivity contribution is 6.08. The van der Waals surface area contributed by atoms with E-state index in [9.17, 15) is 9.59 Å². The van der Waals surface area contributed by atoms with E-state index in [0.29, 0.717) is 41.4 Å². The van der Waals surface area contributed by atoms with E-state index in [-0.39, 0.29) is 11.6 Å². The van der Waals surface area contributed by atoms with E-state index in [2.05, 4.69) is 10.4 Å². The number of hydrogen-bond acceptors (Lipinski definition) is 5. The summed E-state index contributed by atoms with van der Waals surface area (Å²) in [6.07, 6.45) is 1.81. The zero-order valence-corrected chi connectivity index (χ0v) is 21.4. The maximum atomic E-state index is 13.5. The SMILES string of the molecule is CCN(CC)C(=O)c1cccc(NC(=O)c2nn(-c3ccccc3)cc2-c2ccc(OC)c(OC)c2)c1. The van der Waals surface area contributed by atoms with Crippen LogP contribution in [0.1, 0.15) is 34.7 Å². The molecule has 0 radical (unpaired) electrons. The predicted octanol–water partition coefficient (Wildman–Crippen LogP) is 5.29. The third-order valence-corrected chi connectivity index (χ3v) is 6.06. The van der Waals surface area contributed by atoms with Crippen molar-refractivity contribution in [1.82, 2.24) is 14.7 Å². The van der Waals surface area contributed by atoms with Crippen LogP contribution < -0.4 is 14.8 Å². The average molecular weight is 499 g/mol. The third kappa shape index (κ3) is 5.48. The Labute approximate surface area is 216 Å². The largest absolute Gasteiger partial charge is 0.493 e. The van der Waals surface area contributed by atoms with Crippen LogP contribution in [-0.4, -0.2) is 53.8 Å². The zero-order chi connectivity index (χ0) is 26.4. The topological polar surface area (TPSA) is 85.7 Å². The van der Waals surface area contributed by atoms with Gasteiger partial charge in [-0.1, -0.05) is 30.3 Å². The monoisotopic (exact) mass is 498 g/mol. The van der Waals surface area contributed by atoms with Crippen LogP contribution in [0.25, 0.3) is 16.8 Å². The minimum absolute atomic E-state index is 0.0829. The minimum atomic E-state index is -0.396. The van der Waals surface area contributed by atoms with E-state index in [1.54, 1.807) is 54.1 Å². The molecule has 0 fully saturated rings. The molecule has 8 nitrogen and oxygen atoms in total. The van der Waals surface area contributed by atoms with Gasteiger partial charge >= 0.3 is 0 Å². The molecule has 1 heterocycles. The van der Waals surface area contributed by atoms with Crippen LogP contribution in [0, 0.1) is 0 Å². The Morgan fingerprint density at radius 1 is 0.892 bits per heavy atom. The Kier molecular flexibility index (Phi) is 7.88. The molecule has 4 aromatic rings. The number of carbonyl (C=O) groups is 2. The number of methoxy groups -OCH3 is 2. The van der Waals surface area contributed by atoms with Crippen molar-refractivity contribution in [2.75, 3.05) is 32.6 Å². The number of nitrogens with zero attached hydrogens (tertiary/aromatic N) is 3. The molecule has 0 aliphatic heterocycles. The first-order valence-electron chi connectivity index (χ1n) is 12.1. The van der Waals surface area contributed by atoms with E-state index < -0.39 is 5.91 Å². The van der Waals surface area contributed by atoms with Gasteiger partial charge in [0, 0.05) is 36.1 Å². The predicted molar refractivity (Wildman–Crippen MR) is 144 cm³/mol. The van der Waals surface area contributed by atoms with Crippen molar-refractivity contribution in [3.8, 4) is 28.3 Å². The number of carbonyl (C=O) groups excluding carboxylic acids is 2. The molecule has 37 heavy (non-hydrogen) atoms. The zero-order valence-electron chi connectivity index (χ0n) is 21.4. The summed E-state index contributed by atoms with van der Waals surface area (Å²) >= 11 is 0. The molecule has 0 saturated heterocycles. The average Bonchev–Trinajstić information content (AvgIpc) is 3.40. The molecule has 0 saturated carbocycles. The van der Waals surface area contributed by atoms with Crippen molar-refractivity contribution in [1.29, 1.82) is 0 Å². The van der Waals surface area contributed by atoms with Crippen molar-refractivity contribution >= 4 is 17.5 Å². The van der Waals surface area contributed by atoms with E-state index in [0.717, 1.165) is 11.3 Å². The standard InChI is InChI=1S/C29H30N4O4/c1-5-32(6-2)29(35)21-11-10-12-22(17-21)30-28(34)27-24(19-33(31-27)23-13-8-7-9-14-23)20-15-16-25(36-3)26(18-20)37-4/h7-19H,5-6H2,1-4H3,(H,30,34). The minimum Gasteiger partial charge on any atom is -0.493 e. The van der Waals surface area contributed by atoms with Gasteiger partial charge < -0.3 is 19.7 Å². The van der Waals surface area contributed by atoms with Crippen LogP contribution in [0.4, 0.5) is 5.69 Å². The summed E-state index contributed by atoms with van der Waals surface area (Å²) in [5.41, 5.74) is 3.44. The van der Waals surface area contributed by atoms with Crippen molar-refractivity contribution in [3.63, 3.8) is 0 Å². The number of hydrogen-bond donors (Lipinski definition) is 1. The summed E-state index contributed by atoms with van der Waals surface area (Å²) in [5, 5.41) is 7.53. The number of benzene rings is 3. The Morgan fingerprint density at radius 3 is 2.30 bits per heavy atom. The number of anilines is 1. The van der Waals surface area contributed by atoms with Crippen LogP contribution in [0.3, 0.4) is 0 Å². The fourth-order valence-electron chi connectivity index (χ4n) is 4.08. The molecular formula is C29H30N4O4. The first-order chi connectivity index (χ1) is 18.0. The van der Waals surface area contributed by atoms with Crippen LogP contribution in [0.2, 0.25) is 0 Å². The summed E-state index contributed by atoms with van der Waals surface area (Å²) in [5.74, 6) is 0.649. The normalized spacial score (nSPS) is 10.6. The summed E-state index contributed by atoms with van der Waals surface area (Å²) in [6, 6.07) is 21.9. The number of rotatable bonds is 9. The highest BCUT2D eigenvalue weighted by Crippen LogP contribution is 2.34. The van der Waals surface area contributed by atoms with Gasteiger partial charge in [0.15, 0.2) is 17.2 Å². The third-order valence-electron chi connectivity index (χ3n) is 6.06. The molecule has 1 aromatic heterocycles. The van der Waals surface area contributed by atoms with E-state index in [1.165, 1.54) is 0 Å².